The van der Waals surface area contributed by atoms with Gasteiger partial charge in [-0.2, -0.15) is 0 Å². The predicted octanol–water partition coefficient (Wildman–Crippen LogP) is 3.02. The van der Waals surface area contributed by atoms with Crippen LogP contribution in [-0.2, 0) is 16.1 Å². The average molecular weight is 332 g/mol. The van der Waals surface area contributed by atoms with E-state index < -0.39 is 5.82 Å². The highest BCUT2D eigenvalue weighted by Crippen LogP contribution is 2.15. The van der Waals surface area contributed by atoms with Crippen LogP contribution < -0.4 is 10.2 Å². The van der Waals surface area contributed by atoms with Crippen LogP contribution in [0.4, 0.5) is 14.5 Å². The lowest BCUT2D eigenvalue weighted by molar-refractivity contribution is -0.121. The van der Waals surface area contributed by atoms with E-state index in [2.05, 4.69) is 5.32 Å². The molecule has 0 saturated heterocycles. The second-order valence-corrected chi connectivity index (χ2v) is 5.27. The molecule has 0 saturated carbocycles. The molecular formula is C18H18F2N2O2. The first-order chi connectivity index (χ1) is 11.5. The van der Waals surface area contributed by atoms with Crippen molar-refractivity contribution in [3.05, 3.63) is 65.7 Å². The Labute approximate surface area is 139 Å². The van der Waals surface area contributed by atoms with Gasteiger partial charge in [-0.1, -0.05) is 18.2 Å². The maximum absolute atomic E-state index is 13.5. The molecule has 24 heavy (non-hydrogen) atoms. The van der Waals surface area contributed by atoms with E-state index in [1.807, 2.05) is 0 Å². The molecule has 2 aromatic carbocycles. The molecule has 2 rings (SSSR count). The number of hydrogen-bond donors (Lipinski definition) is 1. The zero-order chi connectivity index (χ0) is 17.5. The predicted molar refractivity (Wildman–Crippen MR) is 87.3 cm³/mol. The molecule has 0 fully saturated rings. The number of rotatable bonds is 6. The van der Waals surface area contributed by atoms with Gasteiger partial charge in [-0.15, -0.1) is 0 Å². The van der Waals surface area contributed by atoms with Crippen LogP contribution in [0.3, 0.4) is 0 Å². The molecule has 126 valence electrons. The normalized spacial score (nSPS) is 10.3. The minimum Gasteiger partial charge on any atom is -0.352 e. The third-order valence-electron chi connectivity index (χ3n) is 3.51. The van der Waals surface area contributed by atoms with Gasteiger partial charge >= 0.3 is 0 Å². The van der Waals surface area contributed by atoms with Gasteiger partial charge in [0.1, 0.15) is 11.6 Å². The molecule has 0 atom stereocenters. The molecule has 2 aromatic rings. The topological polar surface area (TPSA) is 49.4 Å². The fourth-order valence-corrected chi connectivity index (χ4v) is 2.23. The Morgan fingerprint density at radius 2 is 1.71 bits per heavy atom. The number of benzene rings is 2. The summed E-state index contributed by atoms with van der Waals surface area (Å²) in [6, 6.07) is 11.7. The lowest BCUT2D eigenvalue weighted by Crippen LogP contribution is -2.33. The van der Waals surface area contributed by atoms with E-state index in [1.165, 1.54) is 42.2 Å². The molecule has 2 amide bonds. The van der Waals surface area contributed by atoms with Crippen LogP contribution in [0.15, 0.2) is 48.5 Å². The maximum Gasteiger partial charge on any atom is 0.223 e. The first-order valence-electron chi connectivity index (χ1n) is 7.51. The van der Waals surface area contributed by atoms with Gasteiger partial charge in [-0.3, -0.25) is 9.59 Å². The van der Waals surface area contributed by atoms with E-state index in [0.29, 0.717) is 11.3 Å². The summed E-state index contributed by atoms with van der Waals surface area (Å²) in [7, 11) is 0. The average Bonchev–Trinajstić information content (AvgIpc) is 2.55. The van der Waals surface area contributed by atoms with Crippen molar-refractivity contribution in [1.29, 1.82) is 0 Å². The molecule has 0 aliphatic carbocycles. The van der Waals surface area contributed by atoms with Gasteiger partial charge in [0.05, 0.1) is 0 Å². The summed E-state index contributed by atoms with van der Waals surface area (Å²) >= 11 is 0. The highest BCUT2D eigenvalue weighted by Gasteiger charge is 2.13. The molecule has 0 heterocycles. The van der Waals surface area contributed by atoms with E-state index in [9.17, 15) is 18.4 Å². The first kappa shape index (κ1) is 17.6. The lowest BCUT2D eigenvalue weighted by Gasteiger charge is -2.21. The second kappa shape index (κ2) is 8.19. The number of anilines is 1. The molecule has 0 unspecified atom stereocenters. The Kier molecular flexibility index (Phi) is 6.01. The smallest absolute Gasteiger partial charge is 0.223 e. The second-order valence-electron chi connectivity index (χ2n) is 5.27. The molecule has 0 radical (unpaired) electrons. The fourth-order valence-electron chi connectivity index (χ4n) is 2.23. The number of halogens is 2. The molecule has 0 aliphatic rings. The van der Waals surface area contributed by atoms with E-state index in [4.69, 9.17) is 0 Å². The number of carbonyl (C=O) groups excluding carboxylic acids is 2. The molecular weight excluding hydrogens is 314 g/mol. The van der Waals surface area contributed by atoms with Crippen LogP contribution in [0, 0.1) is 11.6 Å². The van der Waals surface area contributed by atoms with E-state index >= 15 is 0 Å². The summed E-state index contributed by atoms with van der Waals surface area (Å²) < 4.78 is 26.4. The van der Waals surface area contributed by atoms with Gasteiger partial charge < -0.3 is 10.2 Å². The molecule has 6 heteroatoms. The largest absolute Gasteiger partial charge is 0.352 e. The molecule has 0 spiro atoms. The van der Waals surface area contributed by atoms with Crippen molar-refractivity contribution in [2.24, 2.45) is 0 Å². The summed E-state index contributed by atoms with van der Waals surface area (Å²) in [6.07, 6.45) is 0.0609. The molecule has 0 aliphatic heterocycles. The minimum absolute atomic E-state index is 0.0609. The van der Waals surface area contributed by atoms with Crippen LogP contribution in [-0.4, -0.2) is 18.4 Å². The van der Waals surface area contributed by atoms with Crippen molar-refractivity contribution in [3.63, 3.8) is 0 Å². The van der Waals surface area contributed by atoms with Crippen molar-refractivity contribution >= 4 is 17.5 Å². The highest BCUT2D eigenvalue weighted by atomic mass is 19.1. The van der Waals surface area contributed by atoms with Crippen molar-refractivity contribution in [2.45, 2.75) is 19.9 Å². The minimum atomic E-state index is -0.398. The monoisotopic (exact) mass is 332 g/mol. The summed E-state index contributed by atoms with van der Waals surface area (Å²) in [5.41, 5.74) is 0.915. The van der Waals surface area contributed by atoms with Gasteiger partial charge in [0.25, 0.3) is 0 Å². The molecule has 1 N–H and O–H groups in total. The van der Waals surface area contributed by atoms with Crippen LogP contribution in [0.5, 0.6) is 0 Å². The molecule has 0 aromatic heterocycles. The quantitative estimate of drug-likeness (QED) is 0.884. The SMILES string of the molecule is CC(=O)N(CCC(=O)NCc1ccccc1F)c1ccc(F)cc1. The Morgan fingerprint density at radius 3 is 2.33 bits per heavy atom. The maximum atomic E-state index is 13.5. The Bertz CT molecular complexity index is 717. The van der Waals surface area contributed by atoms with Crippen LogP contribution >= 0.6 is 0 Å². The number of nitrogens with zero attached hydrogens (tertiary/aromatic N) is 1. The number of hydrogen-bond acceptors (Lipinski definition) is 2. The summed E-state index contributed by atoms with van der Waals surface area (Å²) in [5.74, 6) is -1.32. The van der Waals surface area contributed by atoms with Crippen molar-refractivity contribution < 1.29 is 18.4 Å². The molecule has 4 nitrogen and oxygen atoms in total. The first-order valence-corrected chi connectivity index (χ1v) is 7.51. The number of amides is 2. The Hall–Kier alpha value is -2.76. The standard InChI is InChI=1S/C18H18F2N2O2/c1-13(23)22(16-8-6-15(19)7-9-16)11-10-18(24)21-12-14-4-2-3-5-17(14)20/h2-9H,10-12H2,1H3,(H,21,24). The zero-order valence-electron chi connectivity index (χ0n) is 13.3. The number of nitrogens with one attached hydrogen (secondary N) is 1. The van der Waals surface area contributed by atoms with E-state index in [0.717, 1.165) is 0 Å². The van der Waals surface area contributed by atoms with Gasteiger partial charge in [-0.25, -0.2) is 8.78 Å². The Balaban J connectivity index is 1.90. The zero-order valence-corrected chi connectivity index (χ0v) is 13.3. The fraction of sp³-hybridized carbons (Fsp3) is 0.222. The van der Waals surface area contributed by atoms with E-state index in [-0.39, 0.29) is 37.1 Å². The Morgan fingerprint density at radius 1 is 1.04 bits per heavy atom. The number of carbonyl (C=O) groups is 2. The van der Waals surface area contributed by atoms with Gasteiger partial charge in [0.2, 0.25) is 11.8 Å². The lowest BCUT2D eigenvalue weighted by atomic mass is 10.2. The highest BCUT2D eigenvalue weighted by molar-refractivity contribution is 5.92. The summed E-state index contributed by atoms with van der Waals surface area (Å²) in [6.45, 7) is 1.62. The van der Waals surface area contributed by atoms with Crippen LogP contribution in [0.1, 0.15) is 18.9 Å². The van der Waals surface area contributed by atoms with E-state index in [1.54, 1.807) is 18.2 Å². The van der Waals surface area contributed by atoms with Crippen molar-refractivity contribution in [1.82, 2.24) is 5.32 Å². The summed E-state index contributed by atoms with van der Waals surface area (Å²) in [5, 5.41) is 2.62. The van der Waals surface area contributed by atoms with Gasteiger partial charge in [0, 0.05) is 37.7 Å². The third-order valence-corrected chi connectivity index (χ3v) is 3.51. The van der Waals surface area contributed by atoms with Crippen LogP contribution in [0.25, 0.3) is 0 Å². The van der Waals surface area contributed by atoms with Crippen molar-refractivity contribution in [3.8, 4) is 0 Å². The summed E-state index contributed by atoms with van der Waals surface area (Å²) in [4.78, 5) is 25.0. The van der Waals surface area contributed by atoms with Gasteiger partial charge in [0.15, 0.2) is 0 Å². The third kappa shape index (κ3) is 4.87. The molecule has 0 bridgehead atoms. The van der Waals surface area contributed by atoms with Gasteiger partial charge in [-0.05, 0) is 30.3 Å². The van der Waals surface area contributed by atoms with Crippen molar-refractivity contribution in [2.75, 3.05) is 11.4 Å². The van der Waals surface area contributed by atoms with Crippen LogP contribution in [0.2, 0.25) is 0 Å².